The van der Waals surface area contributed by atoms with Crippen molar-refractivity contribution in [3.05, 3.63) is 30.3 Å². The molecule has 1 saturated heterocycles. The summed E-state index contributed by atoms with van der Waals surface area (Å²) in [7, 11) is 3.97. The fourth-order valence-corrected chi connectivity index (χ4v) is 2.74. The van der Waals surface area contributed by atoms with Crippen molar-refractivity contribution in [1.29, 1.82) is 0 Å². The van der Waals surface area contributed by atoms with Gasteiger partial charge in [-0.1, -0.05) is 18.2 Å². The van der Waals surface area contributed by atoms with Crippen LogP contribution in [0.2, 0.25) is 0 Å². The number of nitrogens with one attached hydrogen (secondary N) is 1. The molecule has 2 rings (SSSR count). The predicted octanol–water partition coefficient (Wildman–Crippen LogP) is 1.72. The number of anilines is 1. The molecule has 1 heterocycles. The molecule has 0 radical (unpaired) electrons. The van der Waals surface area contributed by atoms with E-state index in [2.05, 4.69) is 41.5 Å². The smallest absolute Gasteiger partial charge is 0.239 e. The number of rotatable bonds is 6. The number of piperidine rings is 1. The van der Waals surface area contributed by atoms with E-state index in [9.17, 15) is 4.79 Å². The Hall–Kier alpha value is -1.55. The lowest BCUT2D eigenvalue weighted by molar-refractivity contribution is -0.135. The van der Waals surface area contributed by atoms with Gasteiger partial charge in [0, 0.05) is 32.4 Å². The van der Waals surface area contributed by atoms with Crippen molar-refractivity contribution >= 4 is 11.6 Å². The molecule has 20 heavy (non-hydrogen) atoms. The molecule has 1 atom stereocenters. The molecule has 0 aliphatic carbocycles. The summed E-state index contributed by atoms with van der Waals surface area (Å²) in [5.74, 6) is 0.265. The van der Waals surface area contributed by atoms with Gasteiger partial charge in [0.1, 0.15) is 0 Å². The van der Waals surface area contributed by atoms with Crippen molar-refractivity contribution in [2.24, 2.45) is 0 Å². The zero-order valence-electron chi connectivity index (χ0n) is 12.5. The number of likely N-dealkylation sites (tertiary alicyclic amines) is 1. The van der Waals surface area contributed by atoms with Gasteiger partial charge in [0.25, 0.3) is 0 Å². The zero-order chi connectivity index (χ0) is 14.4. The number of hydrogen-bond donors (Lipinski definition) is 1. The molecule has 1 unspecified atom stereocenters. The summed E-state index contributed by atoms with van der Waals surface area (Å²) in [6.45, 7) is 2.73. The Bertz CT molecular complexity index is 421. The summed E-state index contributed by atoms with van der Waals surface area (Å²) in [6, 6.07) is 10.4. The summed E-state index contributed by atoms with van der Waals surface area (Å²) >= 11 is 0. The molecule has 1 N–H and O–H groups in total. The van der Waals surface area contributed by atoms with Crippen molar-refractivity contribution in [1.82, 2.24) is 10.2 Å². The molecule has 1 aliphatic rings. The minimum Gasteiger partial charge on any atom is -0.375 e. The van der Waals surface area contributed by atoms with Crippen LogP contribution in [0.1, 0.15) is 19.3 Å². The van der Waals surface area contributed by atoms with E-state index in [1.807, 2.05) is 18.0 Å². The highest BCUT2D eigenvalue weighted by Crippen LogP contribution is 2.14. The Kier molecular flexibility index (Phi) is 5.41. The van der Waals surface area contributed by atoms with Gasteiger partial charge in [0.15, 0.2) is 0 Å². The zero-order valence-corrected chi connectivity index (χ0v) is 12.5. The standard InChI is InChI=1S/C16H25N3O/c1-17-15-10-6-12-19(16(15)20)13-7-11-18(2)14-8-4-3-5-9-14/h3-5,8-9,15,17H,6-7,10-13H2,1-2H3. The quantitative estimate of drug-likeness (QED) is 0.859. The van der Waals surface area contributed by atoms with Gasteiger partial charge < -0.3 is 15.1 Å². The summed E-state index contributed by atoms with van der Waals surface area (Å²) in [5, 5.41) is 3.11. The molecular formula is C16H25N3O. The SMILES string of the molecule is CNC1CCCN(CCCN(C)c2ccccc2)C1=O. The number of hydrogen-bond acceptors (Lipinski definition) is 3. The van der Waals surface area contributed by atoms with Crippen LogP contribution in [0.5, 0.6) is 0 Å². The Labute approximate surface area is 121 Å². The fourth-order valence-electron chi connectivity index (χ4n) is 2.74. The topological polar surface area (TPSA) is 35.6 Å². The maximum atomic E-state index is 12.2. The highest BCUT2D eigenvalue weighted by atomic mass is 16.2. The average Bonchev–Trinajstić information content (AvgIpc) is 2.49. The lowest BCUT2D eigenvalue weighted by Crippen LogP contribution is -2.50. The van der Waals surface area contributed by atoms with Crippen LogP contribution in [0.3, 0.4) is 0 Å². The Morgan fingerprint density at radius 2 is 2.10 bits per heavy atom. The van der Waals surface area contributed by atoms with Gasteiger partial charge in [-0.2, -0.15) is 0 Å². The maximum absolute atomic E-state index is 12.2. The van der Waals surface area contributed by atoms with E-state index >= 15 is 0 Å². The third-order valence-corrected chi connectivity index (χ3v) is 4.00. The highest BCUT2D eigenvalue weighted by molar-refractivity contribution is 5.82. The first-order valence-electron chi connectivity index (χ1n) is 7.44. The Morgan fingerprint density at radius 3 is 2.80 bits per heavy atom. The molecule has 1 amide bonds. The molecule has 1 aromatic carbocycles. The van der Waals surface area contributed by atoms with Gasteiger partial charge in [-0.25, -0.2) is 0 Å². The van der Waals surface area contributed by atoms with E-state index in [0.717, 1.165) is 38.9 Å². The summed E-state index contributed by atoms with van der Waals surface area (Å²) in [6.07, 6.45) is 3.08. The lowest BCUT2D eigenvalue weighted by atomic mass is 10.0. The second kappa shape index (κ2) is 7.29. The molecule has 1 aliphatic heterocycles. The number of amides is 1. The monoisotopic (exact) mass is 275 g/mol. The molecular weight excluding hydrogens is 250 g/mol. The van der Waals surface area contributed by atoms with E-state index in [-0.39, 0.29) is 11.9 Å². The molecule has 4 heteroatoms. The van der Waals surface area contributed by atoms with Gasteiger partial charge >= 0.3 is 0 Å². The third-order valence-electron chi connectivity index (χ3n) is 4.00. The van der Waals surface area contributed by atoms with Crippen LogP contribution in [-0.2, 0) is 4.79 Å². The molecule has 0 saturated carbocycles. The summed E-state index contributed by atoms with van der Waals surface area (Å²) in [5.41, 5.74) is 1.23. The van der Waals surface area contributed by atoms with Crippen molar-refractivity contribution in [3.8, 4) is 0 Å². The molecule has 0 spiro atoms. The van der Waals surface area contributed by atoms with Gasteiger partial charge in [-0.3, -0.25) is 4.79 Å². The van der Waals surface area contributed by atoms with Gasteiger partial charge in [0.05, 0.1) is 6.04 Å². The number of likely N-dealkylation sites (N-methyl/N-ethyl adjacent to an activating group) is 1. The maximum Gasteiger partial charge on any atom is 0.239 e. The molecule has 4 nitrogen and oxygen atoms in total. The Morgan fingerprint density at radius 1 is 1.35 bits per heavy atom. The molecule has 0 bridgehead atoms. The second-order valence-electron chi connectivity index (χ2n) is 5.42. The average molecular weight is 275 g/mol. The normalized spacial score (nSPS) is 19.2. The number of nitrogens with zero attached hydrogens (tertiary/aromatic N) is 2. The lowest BCUT2D eigenvalue weighted by Gasteiger charge is -2.32. The van der Waals surface area contributed by atoms with Crippen molar-refractivity contribution < 1.29 is 4.79 Å². The van der Waals surface area contributed by atoms with E-state index < -0.39 is 0 Å². The Balaban J connectivity index is 1.77. The van der Waals surface area contributed by atoms with Gasteiger partial charge in [0.2, 0.25) is 5.91 Å². The van der Waals surface area contributed by atoms with Crippen LogP contribution in [0, 0.1) is 0 Å². The van der Waals surface area contributed by atoms with Crippen LogP contribution < -0.4 is 10.2 Å². The number of carbonyl (C=O) groups excluding carboxylic acids is 1. The fraction of sp³-hybridized carbons (Fsp3) is 0.562. The van der Waals surface area contributed by atoms with Crippen LogP contribution >= 0.6 is 0 Å². The van der Waals surface area contributed by atoms with E-state index in [1.165, 1.54) is 5.69 Å². The van der Waals surface area contributed by atoms with Crippen LogP contribution in [-0.4, -0.2) is 50.6 Å². The highest BCUT2D eigenvalue weighted by Gasteiger charge is 2.26. The van der Waals surface area contributed by atoms with Gasteiger partial charge in [-0.05, 0) is 38.4 Å². The predicted molar refractivity (Wildman–Crippen MR) is 83.0 cm³/mol. The van der Waals surface area contributed by atoms with Gasteiger partial charge in [-0.15, -0.1) is 0 Å². The van der Waals surface area contributed by atoms with Crippen LogP contribution in [0.4, 0.5) is 5.69 Å². The third kappa shape index (κ3) is 3.73. The molecule has 1 aromatic rings. The minimum absolute atomic E-state index is 0.0237. The first-order valence-corrected chi connectivity index (χ1v) is 7.44. The summed E-state index contributed by atoms with van der Waals surface area (Å²) < 4.78 is 0. The molecule has 110 valence electrons. The largest absolute Gasteiger partial charge is 0.375 e. The second-order valence-corrected chi connectivity index (χ2v) is 5.42. The van der Waals surface area contributed by atoms with Crippen LogP contribution in [0.15, 0.2) is 30.3 Å². The first kappa shape index (κ1) is 14.9. The molecule has 1 fully saturated rings. The van der Waals surface area contributed by atoms with Crippen molar-refractivity contribution in [2.75, 3.05) is 38.6 Å². The van der Waals surface area contributed by atoms with E-state index in [0.29, 0.717) is 0 Å². The van der Waals surface area contributed by atoms with Crippen molar-refractivity contribution in [3.63, 3.8) is 0 Å². The number of para-hydroxylation sites is 1. The first-order chi connectivity index (χ1) is 9.72. The molecule has 0 aromatic heterocycles. The van der Waals surface area contributed by atoms with Crippen molar-refractivity contribution in [2.45, 2.75) is 25.3 Å². The van der Waals surface area contributed by atoms with E-state index in [4.69, 9.17) is 0 Å². The van der Waals surface area contributed by atoms with Crippen LogP contribution in [0.25, 0.3) is 0 Å². The number of carbonyl (C=O) groups is 1. The van der Waals surface area contributed by atoms with E-state index in [1.54, 1.807) is 0 Å². The minimum atomic E-state index is 0.0237. The number of benzene rings is 1. The summed E-state index contributed by atoms with van der Waals surface area (Å²) in [4.78, 5) is 16.4.